The van der Waals surface area contributed by atoms with Crippen LogP contribution in [0.1, 0.15) is 20.4 Å². The van der Waals surface area contributed by atoms with Gasteiger partial charge in [-0.2, -0.15) is 0 Å². The molecule has 0 spiro atoms. The number of aryl methyl sites for hydroxylation is 1. The molecular formula is C12H10ClNO3S. The maximum atomic E-state index is 11.0. The summed E-state index contributed by atoms with van der Waals surface area (Å²) in [6, 6.07) is 6.87. The van der Waals surface area contributed by atoms with Crippen LogP contribution in [0.3, 0.4) is 0 Å². The second-order valence-electron chi connectivity index (χ2n) is 3.56. The second kappa shape index (κ2) is 5.37. The Kier molecular flexibility index (Phi) is 3.84. The van der Waals surface area contributed by atoms with E-state index in [1.807, 2.05) is 0 Å². The molecule has 94 valence electrons. The van der Waals surface area contributed by atoms with Gasteiger partial charge in [0.05, 0.1) is 5.01 Å². The Morgan fingerprint density at radius 2 is 2.11 bits per heavy atom. The molecule has 6 heteroatoms. The number of rotatable bonds is 4. The number of halogens is 1. The average molecular weight is 284 g/mol. The van der Waals surface area contributed by atoms with Gasteiger partial charge < -0.3 is 9.84 Å². The number of carbonyl (C=O) groups is 1. The van der Waals surface area contributed by atoms with E-state index in [-0.39, 0.29) is 11.5 Å². The number of aromatic carboxylic acids is 1. The molecule has 0 bridgehead atoms. The van der Waals surface area contributed by atoms with Gasteiger partial charge in [0.15, 0.2) is 0 Å². The number of thiazole rings is 1. The summed E-state index contributed by atoms with van der Waals surface area (Å²) < 4.78 is 5.47. The molecule has 1 N–H and O–H groups in total. The van der Waals surface area contributed by atoms with E-state index in [1.165, 1.54) is 0 Å². The van der Waals surface area contributed by atoms with E-state index in [1.54, 1.807) is 31.2 Å². The Morgan fingerprint density at radius 1 is 1.44 bits per heavy atom. The lowest BCUT2D eigenvalue weighted by molar-refractivity contribution is 0.0699. The lowest BCUT2D eigenvalue weighted by Crippen LogP contribution is -2.03. The second-order valence-corrected chi connectivity index (χ2v) is 5.20. The van der Waals surface area contributed by atoms with Gasteiger partial charge in [-0.15, -0.1) is 11.3 Å². The van der Waals surface area contributed by atoms with Gasteiger partial charge in [-0.1, -0.05) is 11.6 Å². The maximum Gasteiger partial charge on any atom is 0.347 e. The third-order valence-corrected chi connectivity index (χ3v) is 3.44. The van der Waals surface area contributed by atoms with Crippen LogP contribution in [-0.2, 0) is 6.61 Å². The lowest BCUT2D eigenvalue weighted by atomic mass is 10.3. The zero-order valence-electron chi connectivity index (χ0n) is 9.51. The fourth-order valence-electron chi connectivity index (χ4n) is 1.42. The van der Waals surface area contributed by atoms with E-state index in [4.69, 9.17) is 21.4 Å². The molecule has 0 aliphatic heterocycles. The first kappa shape index (κ1) is 12.9. The first-order valence-electron chi connectivity index (χ1n) is 5.14. The van der Waals surface area contributed by atoms with Crippen molar-refractivity contribution in [3.05, 3.63) is 44.9 Å². The zero-order chi connectivity index (χ0) is 13.1. The minimum absolute atomic E-state index is 0.133. The summed E-state index contributed by atoms with van der Waals surface area (Å²) in [4.78, 5) is 15.4. The standard InChI is InChI=1S/C12H10ClNO3S/c1-7-14-10(11(18-7)12(15)16)6-17-9-4-2-8(13)3-5-9/h2-5H,6H2,1H3,(H,15,16). The molecule has 4 nitrogen and oxygen atoms in total. The van der Waals surface area contributed by atoms with Crippen LogP contribution in [0.2, 0.25) is 5.02 Å². The lowest BCUT2D eigenvalue weighted by Gasteiger charge is -2.04. The van der Waals surface area contributed by atoms with Crippen molar-refractivity contribution in [2.24, 2.45) is 0 Å². The zero-order valence-corrected chi connectivity index (χ0v) is 11.1. The van der Waals surface area contributed by atoms with Crippen LogP contribution in [0.4, 0.5) is 0 Å². The summed E-state index contributed by atoms with van der Waals surface area (Å²) in [5.41, 5.74) is 0.444. The van der Waals surface area contributed by atoms with Crippen LogP contribution in [0.15, 0.2) is 24.3 Å². The quantitative estimate of drug-likeness (QED) is 0.934. The molecule has 0 saturated heterocycles. The predicted octanol–water partition coefficient (Wildman–Crippen LogP) is 3.38. The van der Waals surface area contributed by atoms with Gasteiger partial charge in [0, 0.05) is 5.02 Å². The molecule has 1 heterocycles. The van der Waals surface area contributed by atoms with Crippen molar-refractivity contribution in [3.63, 3.8) is 0 Å². The summed E-state index contributed by atoms with van der Waals surface area (Å²) in [7, 11) is 0. The highest BCUT2D eigenvalue weighted by Gasteiger charge is 2.16. The van der Waals surface area contributed by atoms with Crippen LogP contribution in [0.5, 0.6) is 5.75 Å². The molecule has 0 unspecified atom stereocenters. The number of nitrogens with zero attached hydrogens (tertiary/aromatic N) is 1. The minimum Gasteiger partial charge on any atom is -0.487 e. The molecule has 1 aromatic carbocycles. The number of ether oxygens (including phenoxy) is 1. The summed E-state index contributed by atoms with van der Waals surface area (Å²) in [6.45, 7) is 1.90. The van der Waals surface area contributed by atoms with E-state index in [0.717, 1.165) is 11.3 Å². The number of aromatic nitrogens is 1. The third kappa shape index (κ3) is 3.00. The highest BCUT2D eigenvalue weighted by atomic mass is 35.5. The normalized spacial score (nSPS) is 10.3. The van der Waals surface area contributed by atoms with Crippen LogP contribution in [-0.4, -0.2) is 16.1 Å². The summed E-state index contributed by atoms with van der Waals surface area (Å²) in [5.74, 6) is -0.350. The Morgan fingerprint density at radius 3 is 2.72 bits per heavy atom. The molecule has 1 aromatic heterocycles. The molecular weight excluding hydrogens is 274 g/mol. The van der Waals surface area contributed by atoms with Gasteiger partial charge in [-0.25, -0.2) is 9.78 Å². The predicted molar refractivity (Wildman–Crippen MR) is 69.6 cm³/mol. The Hall–Kier alpha value is -1.59. The number of carboxylic acids is 1. The molecule has 2 aromatic rings. The molecule has 0 aliphatic rings. The Labute approximate surface area is 113 Å². The highest BCUT2D eigenvalue weighted by Crippen LogP contribution is 2.21. The van der Waals surface area contributed by atoms with Gasteiger partial charge >= 0.3 is 5.97 Å². The van der Waals surface area contributed by atoms with Crippen molar-refractivity contribution >= 4 is 28.9 Å². The van der Waals surface area contributed by atoms with Gasteiger partial charge in [0.2, 0.25) is 0 Å². The van der Waals surface area contributed by atoms with Crippen LogP contribution in [0.25, 0.3) is 0 Å². The van der Waals surface area contributed by atoms with Crippen LogP contribution < -0.4 is 4.74 Å². The number of benzene rings is 1. The van der Waals surface area contributed by atoms with Gasteiger partial charge in [0.25, 0.3) is 0 Å². The Balaban J connectivity index is 2.10. The topological polar surface area (TPSA) is 59.4 Å². The van der Waals surface area contributed by atoms with Crippen molar-refractivity contribution in [1.82, 2.24) is 4.98 Å². The van der Waals surface area contributed by atoms with Crippen molar-refractivity contribution < 1.29 is 14.6 Å². The van der Waals surface area contributed by atoms with E-state index in [0.29, 0.717) is 21.5 Å². The maximum absolute atomic E-state index is 11.0. The smallest absolute Gasteiger partial charge is 0.347 e. The van der Waals surface area contributed by atoms with Gasteiger partial charge in [0.1, 0.15) is 22.9 Å². The molecule has 0 fully saturated rings. The molecule has 0 atom stereocenters. The van der Waals surface area contributed by atoms with Crippen molar-refractivity contribution in [2.45, 2.75) is 13.5 Å². The third-order valence-electron chi connectivity index (χ3n) is 2.19. The van der Waals surface area contributed by atoms with Gasteiger partial charge in [-0.3, -0.25) is 0 Å². The van der Waals surface area contributed by atoms with Crippen molar-refractivity contribution in [2.75, 3.05) is 0 Å². The number of hydrogen-bond acceptors (Lipinski definition) is 4. The van der Waals surface area contributed by atoms with Crippen molar-refractivity contribution in [3.8, 4) is 5.75 Å². The molecule has 18 heavy (non-hydrogen) atoms. The molecule has 2 rings (SSSR count). The largest absolute Gasteiger partial charge is 0.487 e. The summed E-state index contributed by atoms with van der Waals surface area (Å²) >= 11 is 6.90. The summed E-state index contributed by atoms with van der Waals surface area (Å²) in [5, 5.41) is 10.3. The monoisotopic (exact) mass is 283 g/mol. The highest BCUT2D eigenvalue weighted by molar-refractivity contribution is 7.13. The SMILES string of the molecule is Cc1nc(COc2ccc(Cl)cc2)c(C(=O)O)s1. The molecule has 0 saturated carbocycles. The van der Waals surface area contributed by atoms with Gasteiger partial charge in [-0.05, 0) is 31.2 Å². The first-order chi connectivity index (χ1) is 8.56. The average Bonchev–Trinajstić information content (AvgIpc) is 2.70. The fourth-order valence-corrected chi connectivity index (χ4v) is 2.30. The van der Waals surface area contributed by atoms with Crippen LogP contribution >= 0.6 is 22.9 Å². The minimum atomic E-state index is -0.977. The number of carboxylic acid groups (broad SMARTS) is 1. The molecule has 0 radical (unpaired) electrons. The van der Waals surface area contributed by atoms with Crippen LogP contribution in [0, 0.1) is 6.92 Å². The van der Waals surface area contributed by atoms with E-state index in [2.05, 4.69) is 4.98 Å². The van der Waals surface area contributed by atoms with Crippen molar-refractivity contribution in [1.29, 1.82) is 0 Å². The van der Waals surface area contributed by atoms with E-state index < -0.39 is 5.97 Å². The fraction of sp³-hybridized carbons (Fsp3) is 0.167. The molecule has 0 amide bonds. The van der Waals surface area contributed by atoms with E-state index in [9.17, 15) is 4.79 Å². The Bertz CT molecular complexity index is 565. The summed E-state index contributed by atoms with van der Waals surface area (Å²) in [6.07, 6.45) is 0. The first-order valence-corrected chi connectivity index (χ1v) is 6.33. The molecule has 0 aliphatic carbocycles. The number of hydrogen-bond donors (Lipinski definition) is 1. The van der Waals surface area contributed by atoms with E-state index >= 15 is 0 Å².